The molecular formula is C30H31ClN2O5. The molecule has 1 heterocycles. The Morgan fingerprint density at radius 1 is 1.00 bits per heavy atom. The van der Waals surface area contributed by atoms with E-state index in [1.54, 1.807) is 42.5 Å². The highest BCUT2D eigenvalue weighted by Crippen LogP contribution is 2.43. The van der Waals surface area contributed by atoms with Crippen LogP contribution in [0.1, 0.15) is 37.9 Å². The molecule has 1 fully saturated rings. The van der Waals surface area contributed by atoms with Crippen LogP contribution in [-0.2, 0) is 9.59 Å². The number of carbonyl (C=O) groups excluding carboxylic acids is 2. The molecule has 4 rings (SSSR count). The van der Waals surface area contributed by atoms with E-state index in [0.29, 0.717) is 39.9 Å². The van der Waals surface area contributed by atoms with Crippen molar-refractivity contribution in [3.63, 3.8) is 0 Å². The Morgan fingerprint density at radius 2 is 1.71 bits per heavy atom. The Bertz CT molecular complexity index is 1370. The summed E-state index contributed by atoms with van der Waals surface area (Å²) >= 11 is 6.24. The number of hydrogen-bond acceptors (Lipinski definition) is 6. The zero-order valence-corrected chi connectivity index (χ0v) is 22.7. The van der Waals surface area contributed by atoms with E-state index in [-0.39, 0.29) is 11.3 Å². The van der Waals surface area contributed by atoms with Gasteiger partial charge in [-0.25, -0.2) is 0 Å². The third kappa shape index (κ3) is 5.07. The van der Waals surface area contributed by atoms with Crippen molar-refractivity contribution >= 4 is 40.4 Å². The summed E-state index contributed by atoms with van der Waals surface area (Å²) in [5.74, 6) is -0.906. The van der Waals surface area contributed by atoms with Gasteiger partial charge in [0.05, 0.1) is 30.4 Å². The van der Waals surface area contributed by atoms with Gasteiger partial charge in [0.15, 0.2) is 0 Å². The minimum atomic E-state index is -0.862. The van der Waals surface area contributed by atoms with Gasteiger partial charge >= 0.3 is 0 Å². The van der Waals surface area contributed by atoms with Gasteiger partial charge in [-0.2, -0.15) is 0 Å². The van der Waals surface area contributed by atoms with Crippen molar-refractivity contribution in [3.8, 4) is 11.5 Å². The van der Waals surface area contributed by atoms with Crippen LogP contribution in [0.4, 0.5) is 11.4 Å². The number of Topliss-reactive ketones (excluding diaryl/α,β-unsaturated/α-hetero) is 1. The molecule has 1 saturated heterocycles. The van der Waals surface area contributed by atoms with Crippen LogP contribution in [0.3, 0.4) is 0 Å². The minimum absolute atomic E-state index is 0.0156. The largest absolute Gasteiger partial charge is 0.507 e. The number of aliphatic hydroxyl groups excluding tert-OH is 1. The van der Waals surface area contributed by atoms with E-state index in [9.17, 15) is 14.7 Å². The average molecular weight is 535 g/mol. The van der Waals surface area contributed by atoms with Gasteiger partial charge < -0.3 is 19.5 Å². The summed E-state index contributed by atoms with van der Waals surface area (Å²) in [6.45, 7) is 8.05. The first-order chi connectivity index (χ1) is 18.3. The van der Waals surface area contributed by atoms with Gasteiger partial charge in [0.1, 0.15) is 17.3 Å². The van der Waals surface area contributed by atoms with E-state index in [1.165, 1.54) is 12.0 Å². The monoisotopic (exact) mass is 534 g/mol. The normalized spacial score (nSPS) is 16.6. The third-order valence-corrected chi connectivity index (χ3v) is 6.93. The van der Waals surface area contributed by atoms with E-state index < -0.39 is 17.7 Å². The van der Waals surface area contributed by atoms with Crippen LogP contribution in [0.15, 0.2) is 72.3 Å². The fraction of sp³-hybridized carbons (Fsp3) is 0.267. The fourth-order valence-electron chi connectivity index (χ4n) is 4.70. The summed E-state index contributed by atoms with van der Waals surface area (Å²) in [4.78, 5) is 30.5. The number of ether oxygens (including phenoxy) is 2. The Hall–Kier alpha value is -3.97. The molecule has 1 aliphatic rings. The summed E-state index contributed by atoms with van der Waals surface area (Å²) in [5, 5.41) is 11.8. The lowest BCUT2D eigenvalue weighted by atomic mass is 9.94. The summed E-state index contributed by atoms with van der Waals surface area (Å²) in [7, 11) is 1.53. The first-order valence-electron chi connectivity index (χ1n) is 12.6. The standard InChI is InChI=1S/C30H31ClN2O5/c1-5-32(6-2)21-14-11-19(12-15-21)27-26(28(34)20-13-16-24(31)25(17-20)38-7-3)29(35)30(36)33(27)22-9-8-10-23(18-22)37-4/h8-18,27,34H,5-7H2,1-4H3/b28-26+. The molecule has 7 nitrogen and oxygen atoms in total. The van der Waals surface area contributed by atoms with E-state index in [2.05, 4.69) is 18.7 Å². The zero-order chi connectivity index (χ0) is 27.4. The maximum atomic E-state index is 13.5. The van der Waals surface area contributed by atoms with Crippen molar-refractivity contribution in [2.24, 2.45) is 0 Å². The second-order valence-electron chi connectivity index (χ2n) is 8.71. The lowest BCUT2D eigenvalue weighted by molar-refractivity contribution is -0.132. The van der Waals surface area contributed by atoms with Gasteiger partial charge in [0, 0.05) is 36.1 Å². The summed E-state index contributed by atoms with van der Waals surface area (Å²) in [5.41, 5.74) is 2.50. The highest BCUT2D eigenvalue weighted by atomic mass is 35.5. The topological polar surface area (TPSA) is 79.3 Å². The maximum Gasteiger partial charge on any atom is 0.300 e. The second-order valence-corrected chi connectivity index (χ2v) is 9.12. The quantitative estimate of drug-likeness (QED) is 0.199. The number of rotatable bonds is 9. The zero-order valence-electron chi connectivity index (χ0n) is 21.9. The van der Waals surface area contributed by atoms with Crippen LogP contribution >= 0.6 is 11.6 Å². The van der Waals surface area contributed by atoms with Crippen molar-refractivity contribution in [1.82, 2.24) is 0 Å². The third-order valence-electron chi connectivity index (χ3n) is 6.62. The number of halogens is 1. The molecule has 0 saturated carbocycles. The Morgan fingerprint density at radius 3 is 2.34 bits per heavy atom. The molecule has 8 heteroatoms. The van der Waals surface area contributed by atoms with Gasteiger partial charge in [0.2, 0.25) is 0 Å². The van der Waals surface area contributed by atoms with E-state index in [0.717, 1.165) is 18.8 Å². The first-order valence-corrected chi connectivity index (χ1v) is 12.9. The lowest BCUT2D eigenvalue weighted by Crippen LogP contribution is -2.29. The molecule has 0 bridgehead atoms. The number of aliphatic hydroxyl groups is 1. The van der Waals surface area contributed by atoms with Gasteiger partial charge in [0.25, 0.3) is 11.7 Å². The maximum absolute atomic E-state index is 13.5. The Kier molecular flexibility index (Phi) is 8.27. The predicted octanol–water partition coefficient (Wildman–Crippen LogP) is 6.22. The molecule has 1 N–H and O–H groups in total. The second kappa shape index (κ2) is 11.6. The molecule has 0 aliphatic carbocycles. The minimum Gasteiger partial charge on any atom is -0.507 e. The molecule has 3 aromatic rings. The van der Waals surface area contributed by atoms with Crippen molar-refractivity contribution in [2.75, 3.05) is 36.6 Å². The molecule has 3 aromatic carbocycles. The molecule has 1 unspecified atom stereocenters. The van der Waals surface area contributed by atoms with Crippen LogP contribution in [0.2, 0.25) is 5.02 Å². The number of methoxy groups -OCH3 is 1. The molecular weight excluding hydrogens is 504 g/mol. The van der Waals surface area contributed by atoms with Crippen molar-refractivity contribution in [2.45, 2.75) is 26.8 Å². The van der Waals surface area contributed by atoms with E-state index in [4.69, 9.17) is 21.1 Å². The van der Waals surface area contributed by atoms with Crippen molar-refractivity contribution in [3.05, 3.63) is 88.5 Å². The predicted molar refractivity (Wildman–Crippen MR) is 150 cm³/mol. The number of carbonyl (C=O) groups is 2. The van der Waals surface area contributed by atoms with Gasteiger partial charge in [-0.05, 0) is 68.8 Å². The Labute approximate surface area is 227 Å². The molecule has 0 aromatic heterocycles. The number of amides is 1. The first kappa shape index (κ1) is 27.1. The Balaban J connectivity index is 1.91. The summed E-state index contributed by atoms with van der Waals surface area (Å²) in [6.07, 6.45) is 0. The number of nitrogens with zero attached hydrogens (tertiary/aromatic N) is 2. The molecule has 38 heavy (non-hydrogen) atoms. The van der Waals surface area contributed by atoms with E-state index >= 15 is 0 Å². The summed E-state index contributed by atoms with van der Waals surface area (Å²) in [6, 6.07) is 18.5. The SMILES string of the molecule is CCOc1cc(/C(O)=C2\C(=O)C(=O)N(c3cccc(OC)c3)C2c2ccc(N(CC)CC)cc2)ccc1Cl. The van der Waals surface area contributed by atoms with Crippen LogP contribution < -0.4 is 19.3 Å². The van der Waals surface area contributed by atoms with Crippen LogP contribution in [0.25, 0.3) is 5.76 Å². The van der Waals surface area contributed by atoms with E-state index in [1.807, 2.05) is 31.2 Å². The molecule has 198 valence electrons. The average Bonchev–Trinajstić information content (AvgIpc) is 3.20. The number of anilines is 2. The lowest BCUT2D eigenvalue weighted by Gasteiger charge is -2.27. The number of ketones is 1. The van der Waals surface area contributed by atoms with Crippen LogP contribution in [0.5, 0.6) is 11.5 Å². The highest BCUT2D eigenvalue weighted by molar-refractivity contribution is 6.51. The number of benzene rings is 3. The van der Waals surface area contributed by atoms with Crippen molar-refractivity contribution in [1.29, 1.82) is 0 Å². The van der Waals surface area contributed by atoms with Gasteiger partial charge in [-0.15, -0.1) is 0 Å². The molecule has 1 atom stereocenters. The van der Waals surface area contributed by atoms with Crippen molar-refractivity contribution < 1.29 is 24.2 Å². The van der Waals surface area contributed by atoms with Gasteiger partial charge in [-0.3, -0.25) is 14.5 Å². The molecule has 0 spiro atoms. The van der Waals surface area contributed by atoms with Crippen LogP contribution in [0, 0.1) is 0 Å². The highest BCUT2D eigenvalue weighted by Gasteiger charge is 2.47. The molecule has 1 aliphatic heterocycles. The fourth-order valence-corrected chi connectivity index (χ4v) is 4.88. The van der Waals surface area contributed by atoms with Gasteiger partial charge in [-0.1, -0.05) is 29.8 Å². The summed E-state index contributed by atoms with van der Waals surface area (Å²) < 4.78 is 10.9. The van der Waals surface area contributed by atoms with Crippen LogP contribution in [-0.4, -0.2) is 43.6 Å². The number of hydrogen-bond donors (Lipinski definition) is 1. The molecule has 1 amide bonds. The smallest absolute Gasteiger partial charge is 0.300 e. The molecule has 0 radical (unpaired) electrons.